The molecule has 0 amide bonds. The maximum Gasteiger partial charge on any atom is 0.235 e. The quantitative estimate of drug-likeness (QED) is 0.743. The fraction of sp³-hybridized carbons (Fsp3) is 0.0625. The Balaban J connectivity index is 1.97. The first-order valence-corrected chi connectivity index (χ1v) is 6.86. The molecule has 0 radical (unpaired) electrons. The van der Waals surface area contributed by atoms with Gasteiger partial charge < -0.3 is 19.0 Å². The van der Waals surface area contributed by atoms with Gasteiger partial charge in [0.2, 0.25) is 18.0 Å². The average Bonchev–Trinajstić information content (AvgIpc) is 2.99. The van der Waals surface area contributed by atoms with Gasteiger partial charge in [0.25, 0.3) is 0 Å². The van der Waals surface area contributed by atoms with Gasteiger partial charge in [-0.3, -0.25) is 4.79 Å². The van der Waals surface area contributed by atoms with Gasteiger partial charge in [0.15, 0.2) is 17.3 Å². The van der Waals surface area contributed by atoms with Crippen LogP contribution >= 0.6 is 11.6 Å². The average molecular weight is 317 g/mol. The van der Waals surface area contributed by atoms with Gasteiger partial charge in [0.1, 0.15) is 5.58 Å². The molecule has 1 N–H and O–H groups in total. The van der Waals surface area contributed by atoms with Crippen LogP contribution in [0, 0.1) is 0 Å². The van der Waals surface area contributed by atoms with Crippen molar-refractivity contribution in [1.82, 2.24) is 0 Å². The molecule has 5 nitrogen and oxygen atoms in total. The minimum absolute atomic E-state index is 0.0816. The summed E-state index contributed by atoms with van der Waals surface area (Å²) in [7, 11) is 0. The zero-order valence-electron chi connectivity index (χ0n) is 11.1. The van der Waals surface area contributed by atoms with Crippen molar-refractivity contribution in [3.63, 3.8) is 0 Å². The van der Waals surface area contributed by atoms with Gasteiger partial charge in [-0.2, -0.15) is 0 Å². The smallest absolute Gasteiger partial charge is 0.235 e. The topological polar surface area (TPSA) is 68.9 Å². The van der Waals surface area contributed by atoms with Gasteiger partial charge in [-0.25, -0.2) is 0 Å². The van der Waals surface area contributed by atoms with Crippen LogP contribution in [-0.4, -0.2) is 11.9 Å². The Kier molecular flexibility index (Phi) is 2.77. The molecule has 110 valence electrons. The minimum Gasteiger partial charge on any atom is -0.502 e. The predicted octanol–water partition coefficient (Wildman–Crippen LogP) is 3.55. The number of aromatic hydroxyl groups is 1. The highest BCUT2D eigenvalue weighted by Gasteiger charge is 2.19. The Morgan fingerprint density at radius 1 is 1.05 bits per heavy atom. The summed E-state index contributed by atoms with van der Waals surface area (Å²) in [6.07, 6.45) is 0. The van der Waals surface area contributed by atoms with Crippen molar-refractivity contribution in [3.05, 3.63) is 51.6 Å². The summed E-state index contributed by atoms with van der Waals surface area (Å²) < 4.78 is 16.2. The number of fused-ring (bicyclic) bond motifs is 2. The van der Waals surface area contributed by atoms with Crippen molar-refractivity contribution in [1.29, 1.82) is 0 Å². The third kappa shape index (κ3) is 1.90. The molecule has 0 fully saturated rings. The van der Waals surface area contributed by atoms with Crippen LogP contribution in [0.5, 0.6) is 17.2 Å². The summed E-state index contributed by atoms with van der Waals surface area (Å²) in [6.45, 7) is 0.144. The van der Waals surface area contributed by atoms with E-state index >= 15 is 0 Å². The van der Waals surface area contributed by atoms with Crippen LogP contribution in [0.3, 0.4) is 0 Å². The molecule has 0 unspecified atom stereocenters. The van der Waals surface area contributed by atoms with E-state index in [1.807, 2.05) is 0 Å². The van der Waals surface area contributed by atoms with E-state index in [0.29, 0.717) is 27.7 Å². The van der Waals surface area contributed by atoms with E-state index in [-0.39, 0.29) is 17.9 Å². The molecule has 0 spiro atoms. The van der Waals surface area contributed by atoms with E-state index in [2.05, 4.69) is 0 Å². The third-order valence-electron chi connectivity index (χ3n) is 3.46. The maximum atomic E-state index is 12.3. The molecule has 1 aliphatic rings. The lowest BCUT2D eigenvalue weighted by Gasteiger charge is -2.07. The van der Waals surface area contributed by atoms with Gasteiger partial charge in [0.05, 0.1) is 5.39 Å². The monoisotopic (exact) mass is 316 g/mol. The lowest BCUT2D eigenvalue weighted by Crippen LogP contribution is -2.02. The number of ether oxygens (including phenoxy) is 2. The maximum absolute atomic E-state index is 12.3. The molecule has 2 heterocycles. The number of hydrogen-bond acceptors (Lipinski definition) is 5. The molecular weight excluding hydrogens is 308 g/mol. The molecule has 1 aliphatic heterocycles. The van der Waals surface area contributed by atoms with Crippen LogP contribution in [0.1, 0.15) is 0 Å². The van der Waals surface area contributed by atoms with E-state index in [9.17, 15) is 9.90 Å². The first-order chi connectivity index (χ1) is 10.6. The third-order valence-corrected chi connectivity index (χ3v) is 3.70. The number of benzene rings is 2. The van der Waals surface area contributed by atoms with Crippen LogP contribution in [0.25, 0.3) is 22.3 Å². The molecule has 0 saturated heterocycles. The first kappa shape index (κ1) is 13.0. The van der Waals surface area contributed by atoms with Crippen molar-refractivity contribution in [3.8, 4) is 28.6 Å². The number of rotatable bonds is 1. The fourth-order valence-corrected chi connectivity index (χ4v) is 2.56. The molecule has 0 aliphatic carbocycles. The van der Waals surface area contributed by atoms with Gasteiger partial charge in [0, 0.05) is 10.6 Å². The molecule has 1 aromatic heterocycles. The van der Waals surface area contributed by atoms with Crippen LogP contribution in [-0.2, 0) is 0 Å². The van der Waals surface area contributed by atoms with Crippen molar-refractivity contribution in [2.24, 2.45) is 0 Å². The Hall–Kier alpha value is -2.66. The molecule has 22 heavy (non-hydrogen) atoms. The second kappa shape index (κ2) is 4.68. The van der Waals surface area contributed by atoms with Gasteiger partial charge in [-0.15, -0.1) is 0 Å². The van der Waals surface area contributed by atoms with Gasteiger partial charge >= 0.3 is 0 Å². The van der Waals surface area contributed by atoms with Crippen LogP contribution in [0.15, 0.2) is 45.6 Å². The minimum atomic E-state index is -0.531. The molecule has 6 heteroatoms. The lowest BCUT2D eigenvalue weighted by molar-refractivity contribution is 0.174. The van der Waals surface area contributed by atoms with E-state index in [4.69, 9.17) is 25.5 Å². The summed E-state index contributed by atoms with van der Waals surface area (Å²) in [5.41, 5.74) is 0.340. The summed E-state index contributed by atoms with van der Waals surface area (Å²) in [5.74, 6) is 0.765. The fourth-order valence-electron chi connectivity index (χ4n) is 2.39. The largest absolute Gasteiger partial charge is 0.502 e. The zero-order valence-corrected chi connectivity index (χ0v) is 11.9. The Labute approximate surface area is 129 Å². The normalized spacial score (nSPS) is 12.8. The van der Waals surface area contributed by atoms with Crippen LogP contribution in [0.2, 0.25) is 5.02 Å². The van der Waals surface area contributed by atoms with E-state index in [0.717, 1.165) is 0 Å². The molecule has 4 rings (SSSR count). The Bertz CT molecular complexity index is 961. The van der Waals surface area contributed by atoms with E-state index in [1.165, 1.54) is 6.07 Å². The first-order valence-electron chi connectivity index (χ1n) is 6.49. The molecule has 0 atom stereocenters. The molecule has 0 saturated carbocycles. The van der Waals surface area contributed by atoms with Gasteiger partial charge in [-0.1, -0.05) is 11.6 Å². The van der Waals surface area contributed by atoms with Crippen molar-refractivity contribution in [2.75, 3.05) is 6.79 Å². The second-order valence-electron chi connectivity index (χ2n) is 4.82. The highest BCUT2D eigenvalue weighted by Crippen LogP contribution is 2.38. The van der Waals surface area contributed by atoms with Crippen LogP contribution in [0.4, 0.5) is 0 Å². The lowest BCUT2D eigenvalue weighted by atomic mass is 10.1. The van der Waals surface area contributed by atoms with Gasteiger partial charge in [-0.05, 0) is 36.4 Å². The Morgan fingerprint density at radius 2 is 1.86 bits per heavy atom. The van der Waals surface area contributed by atoms with Crippen molar-refractivity contribution in [2.45, 2.75) is 0 Å². The summed E-state index contributed by atoms with van der Waals surface area (Å²) >= 11 is 5.87. The van der Waals surface area contributed by atoms with E-state index in [1.54, 1.807) is 30.3 Å². The molecule has 0 bridgehead atoms. The highest BCUT2D eigenvalue weighted by atomic mass is 35.5. The van der Waals surface area contributed by atoms with E-state index < -0.39 is 11.2 Å². The standard InChI is InChI=1S/C16H9ClO5/c17-9-2-4-11-10(6-9)14(18)15(19)16(22-11)8-1-3-12-13(5-8)21-7-20-12/h1-6,19H,7H2. The highest BCUT2D eigenvalue weighted by molar-refractivity contribution is 6.31. The van der Waals surface area contributed by atoms with Crippen molar-refractivity contribution >= 4 is 22.6 Å². The number of hydrogen-bond donors (Lipinski definition) is 1. The summed E-state index contributed by atoms with van der Waals surface area (Å²) in [5, 5.41) is 10.8. The number of halogens is 1. The Morgan fingerprint density at radius 3 is 2.73 bits per heavy atom. The van der Waals surface area contributed by atoms with Crippen LogP contribution < -0.4 is 14.9 Å². The summed E-state index contributed by atoms with van der Waals surface area (Å²) in [6, 6.07) is 9.71. The molecule has 2 aromatic carbocycles. The SMILES string of the molecule is O=c1c(O)c(-c2ccc3c(c2)OCO3)oc2ccc(Cl)cc12. The summed E-state index contributed by atoms with van der Waals surface area (Å²) in [4.78, 5) is 12.3. The molecular formula is C16H9ClO5. The second-order valence-corrected chi connectivity index (χ2v) is 5.25. The van der Waals surface area contributed by atoms with Crippen molar-refractivity contribution < 1.29 is 19.0 Å². The zero-order chi connectivity index (χ0) is 15.3. The predicted molar refractivity (Wildman–Crippen MR) is 80.7 cm³/mol. The molecule has 3 aromatic rings.